The van der Waals surface area contributed by atoms with Gasteiger partial charge in [-0.25, -0.2) is 0 Å². The summed E-state index contributed by atoms with van der Waals surface area (Å²) in [6.07, 6.45) is 5.80. The zero-order valence-corrected chi connectivity index (χ0v) is 10.7. The molecule has 16 heavy (non-hydrogen) atoms. The highest BCUT2D eigenvalue weighted by atomic mass is 15.0. The highest BCUT2D eigenvalue weighted by Crippen LogP contribution is 2.33. The van der Waals surface area contributed by atoms with Gasteiger partial charge in [-0.05, 0) is 42.6 Å². The van der Waals surface area contributed by atoms with E-state index in [0.29, 0.717) is 5.41 Å². The molecule has 1 aliphatic carbocycles. The lowest BCUT2D eigenvalue weighted by atomic mass is 9.78. The SMILES string of the molecule is CN(C)Cc1cccc2c1C=CC(C)(C)C2. The van der Waals surface area contributed by atoms with E-state index in [0.717, 1.165) is 13.0 Å². The van der Waals surface area contributed by atoms with Gasteiger partial charge in [-0.15, -0.1) is 0 Å². The zero-order chi connectivity index (χ0) is 11.8. The van der Waals surface area contributed by atoms with Gasteiger partial charge in [0.15, 0.2) is 0 Å². The van der Waals surface area contributed by atoms with Crippen LogP contribution in [-0.2, 0) is 13.0 Å². The summed E-state index contributed by atoms with van der Waals surface area (Å²) in [5.74, 6) is 0. The molecule has 0 amide bonds. The Hall–Kier alpha value is -1.08. The zero-order valence-electron chi connectivity index (χ0n) is 10.7. The molecule has 1 aromatic rings. The van der Waals surface area contributed by atoms with Crippen molar-refractivity contribution >= 4 is 6.08 Å². The molecule has 0 radical (unpaired) electrons. The Morgan fingerprint density at radius 3 is 2.69 bits per heavy atom. The molecular weight excluding hydrogens is 194 g/mol. The van der Waals surface area contributed by atoms with E-state index in [9.17, 15) is 0 Å². The summed E-state index contributed by atoms with van der Waals surface area (Å²) >= 11 is 0. The van der Waals surface area contributed by atoms with E-state index in [2.05, 4.69) is 63.2 Å². The first-order chi connectivity index (χ1) is 7.48. The van der Waals surface area contributed by atoms with Gasteiger partial charge in [0.25, 0.3) is 0 Å². The fourth-order valence-corrected chi connectivity index (χ4v) is 2.37. The molecule has 0 heterocycles. The van der Waals surface area contributed by atoms with Crippen molar-refractivity contribution in [2.45, 2.75) is 26.8 Å². The molecule has 0 unspecified atom stereocenters. The molecule has 0 saturated heterocycles. The van der Waals surface area contributed by atoms with Crippen molar-refractivity contribution in [2.75, 3.05) is 14.1 Å². The Kier molecular flexibility index (Phi) is 2.90. The fraction of sp³-hybridized carbons (Fsp3) is 0.467. The number of allylic oxidation sites excluding steroid dienone is 1. The number of hydrogen-bond acceptors (Lipinski definition) is 1. The first-order valence-electron chi connectivity index (χ1n) is 5.93. The lowest BCUT2D eigenvalue weighted by Crippen LogP contribution is -2.18. The van der Waals surface area contributed by atoms with Gasteiger partial charge in [0.05, 0.1) is 0 Å². The van der Waals surface area contributed by atoms with Crippen molar-refractivity contribution in [1.82, 2.24) is 4.90 Å². The second kappa shape index (κ2) is 4.06. The Balaban J connectivity index is 2.38. The van der Waals surface area contributed by atoms with Crippen molar-refractivity contribution in [2.24, 2.45) is 5.41 Å². The van der Waals surface area contributed by atoms with E-state index in [1.807, 2.05) is 0 Å². The predicted molar refractivity (Wildman–Crippen MR) is 70.4 cm³/mol. The third kappa shape index (κ3) is 2.35. The minimum absolute atomic E-state index is 0.309. The lowest BCUT2D eigenvalue weighted by molar-refractivity contribution is 0.401. The molecule has 0 saturated carbocycles. The van der Waals surface area contributed by atoms with Crippen LogP contribution in [0.2, 0.25) is 0 Å². The topological polar surface area (TPSA) is 3.24 Å². The third-order valence-electron chi connectivity index (χ3n) is 3.12. The standard InChI is InChI=1S/C15H21N/c1-15(2)9-8-14-12(10-15)6-5-7-13(14)11-16(3)4/h5-9H,10-11H2,1-4H3. The molecule has 1 aliphatic rings. The summed E-state index contributed by atoms with van der Waals surface area (Å²) in [6.45, 7) is 5.62. The van der Waals surface area contributed by atoms with Crippen LogP contribution >= 0.6 is 0 Å². The normalized spacial score (nSPS) is 17.6. The number of fused-ring (bicyclic) bond motifs is 1. The molecule has 0 bridgehead atoms. The van der Waals surface area contributed by atoms with Gasteiger partial charge in [-0.2, -0.15) is 0 Å². The number of rotatable bonds is 2. The van der Waals surface area contributed by atoms with Gasteiger partial charge in [-0.3, -0.25) is 0 Å². The first-order valence-corrected chi connectivity index (χ1v) is 5.93. The maximum absolute atomic E-state index is 2.34. The van der Waals surface area contributed by atoms with Crippen LogP contribution in [0.25, 0.3) is 6.08 Å². The van der Waals surface area contributed by atoms with E-state index in [1.54, 1.807) is 0 Å². The summed E-state index contributed by atoms with van der Waals surface area (Å²) in [4.78, 5) is 2.23. The molecule has 1 nitrogen and oxygen atoms in total. The Bertz CT molecular complexity index is 413. The van der Waals surface area contributed by atoms with Crippen LogP contribution in [0.3, 0.4) is 0 Å². The lowest BCUT2D eigenvalue weighted by Gasteiger charge is -2.27. The summed E-state index contributed by atoms with van der Waals surface area (Å²) in [6, 6.07) is 6.69. The van der Waals surface area contributed by atoms with Crippen molar-refractivity contribution in [3.8, 4) is 0 Å². The fourth-order valence-electron chi connectivity index (χ4n) is 2.37. The van der Waals surface area contributed by atoms with Crippen molar-refractivity contribution in [3.05, 3.63) is 41.0 Å². The summed E-state index contributed by atoms with van der Waals surface area (Å²) in [7, 11) is 4.24. The van der Waals surface area contributed by atoms with E-state index in [-0.39, 0.29) is 0 Å². The maximum Gasteiger partial charge on any atom is 0.0233 e. The highest BCUT2D eigenvalue weighted by Gasteiger charge is 2.21. The second-order valence-corrected chi connectivity index (χ2v) is 5.73. The van der Waals surface area contributed by atoms with Crippen molar-refractivity contribution in [1.29, 1.82) is 0 Å². The number of nitrogens with zero attached hydrogens (tertiary/aromatic N) is 1. The predicted octanol–water partition coefficient (Wildman–Crippen LogP) is 3.34. The minimum atomic E-state index is 0.309. The summed E-state index contributed by atoms with van der Waals surface area (Å²) in [5, 5.41) is 0. The molecule has 1 aromatic carbocycles. The number of benzene rings is 1. The molecule has 0 spiro atoms. The van der Waals surface area contributed by atoms with Crippen molar-refractivity contribution in [3.63, 3.8) is 0 Å². The molecule has 0 aromatic heterocycles. The number of hydrogen-bond donors (Lipinski definition) is 0. The Labute approximate surface area is 98.8 Å². The van der Waals surface area contributed by atoms with Gasteiger partial charge < -0.3 is 4.90 Å². The molecule has 86 valence electrons. The van der Waals surface area contributed by atoms with Crippen LogP contribution in [0.4, 0.5) is 0 Å². The van der Waals surface area contributed by atoms with Crippen LogP contribution < -0.4 is 0 Å². The van der Waals surface area contributed by atoms with E-state index in [4.69, 9.17) is 0 Å². The van der Waals surface area contributed by atoms with E-state index >= 15 is 0 Å². The van der Waals surface area contributed by atoms with Crippen LogP contribution in [0.1, 0.15) is 30.5 Å². The molecule has 1 heteroatoms. The average molecular weight is 215 g/mol. The molecule has 2 rings (SSSR count). The van der Waals surface area contributed by atoms with E-state index < -0.39 is 0 Å². The maximum atomic E-state index is 2.34. The Morgan fingerprint density at radius 2 is 2.00 bits per heavy atom. The largest absolute Gasteiger partial charge is 0.305 e. The van der Waals surface area contributed by atoms with Crippen LogP contribution in [0.5, 0.6) is 0 Å². The second-order valence-electron chi connectivity index (χ2n) is 5.73. The van der Waals surface area contributed by atoms with Crippen LogP contribution in [0, 0.1) is 5.41 Å². The van der Waals surface area contributed by atoms with Crippen molar-refractivity contribution < 1.29 is 0 Å². The third-order valence-corrected chi connectivity index (χ3v) is 3.12. The van der Waals surface area contributed by atoms with Crippen LogP contribution in [0.15, 0.2) is 24.3 Å². The quantitative estimate of drug-likeness (QED) is 0.731. The molecular formula is C15H21N. The molecule has 0 N–H and O–H groups in total. The molecule has 0 fully saturated rings. The van der Waals surface area contributed by atoms with Gasteiger partial charge in [-0.1, -0.05) is 44.2 Å². The van der Waals surface area contributed by atoms with Crippen LogP contribution in [-0.4, -0.2) is 19.0 Å². The summed E-state index contributed by atoms with van der Waals surface area (Å²) in [5.41, 5.74) is 4.68. The first kappa shape index (κ1) is 11.4. The monoisotopic (exact) mass is 215 g/mol. The average Bonchev–Trinajstić information content (AvgIpc) is 2.15. The van der Waals surface area contributed by atoms with Gasteiger partial charge in [0.1, 0.15) is 0 Å². The van der Waals surface area contributed by atoms with Gasteiger partial charge in [0.2, 0.25) is 0 Å². The van der Waals surface area contributed by atoms with Gasteiger partial charge >= 0.3 is 0 Å². The summed E-state index contributed by atoms with van der Waals surface area (Å²) < 4.78 is 0. The Morgan fingerprint density at radius 1 is 1.25 bits per heavy atom. The molecule has 0 atom stereocenters. The highest BCUT2D eigenvalue weighted by molar-refractivity contribution is 5.61. The smallest absolute Gasteiger partial charge is 0.0233 e. The van der Waals surface area contributed by atoms with E-state index in [1.165, 1.54) is 16.7 Å². The minimum Gasteiger partial charge on any atom is -0.305 e. The van der Waals surface area contributed by atoms with Gasteiger partial charge in [0, 0.05) is 6.54 Å². The molecule has 0 aliphatic heterocycles.